The summed E-state index contributed by atoms with van der Waals surface area (Å²) < 4.78 is 9.96. The van der Waals surface area contributed by atoms with Crippen molar-refractivity contribution in [3.05, 3.63) is 65.9 Å². The Balaban J connectivity index is 1.86. The predicted molar refractivity (Wildman–Crippen MR) is 94.4 cm³/mol. The molecule has 3 rings (SSSR count). The number of esters is 1. The van der Waals surface area contributed by atoms with E-state index in [1.54, 1.807) is 54.6 Å². The average molecular weight is 352 g/mol. The second-order valence-electron chi connectivity index (χ2n) is 5.37. The molecule has 0 bridgehead atoms. The van der Waals surface area contributed by atoms with Crippen molar-refractivity contribution in [1.29, 1.82) is 0 Å². The molecule has 26 heavy (non-hydrogen) atoms. The molecule has 1 saturated heterocycles. The third-order valence-corrected chi connectivity index (χ3v) is 3.68. The number of para-hydroxylation sites is 2. The number of hydrogen-bond donors (Lipinski definition) is 1. The Kier molecular flexibility index (Phi) is 4.98. The zero-order valence-electron chi connectivity index (χ0n) is 14.0. The molecule has 0 radical (unpaired) electrons. The highest BCUT2D eigenvalue weighted by molar-refractivity contribution is 6.28. The van der Waals surface area contributed by atoms with Gasteiger partial charge in [0.1, 0.15) is 11.4 Å². The zero-order chi connectivity index (χ0) is 18.5. The fourth-order valence-corrected chi connectivity index (χ4v) is 2.43. The van der Waals surface area contributed by atoms with Crippen LogP contribution in [0.4, 0.5) is 10.5 Å². The van der Waals surface area contributed by atoms with Crippen LogP contribution >= 0.6 is 0 Å². The molecule has 1 aliphatic rings. The molecule has 0 aromatic heterocycles. The standard InChI is InChI=1S/C19H16N2O5/c1-25-17(22)12-26-16-10-6-5-7-13(16)11-15-18(23)21(19(24)20-15)14-8-3-2-4-9-14/h2-11H,12H2,1H3,(H,20,24)/b15-11+. The maximum atomic E-state index is 12.6. The van der Waals surface area contributed by atoms with Gasteiger partial charge in [0.15, 0.2) is 6.61 Å². The molecule has 1 N–H and O–H groups in total. The van der Waals surface area contributed by atoms with Crippen LogP contribution in [0.2, 0.25) is 0 Å². The molecule has 1 aliphatic heterocycles. The highest BCUT2D eigenvalue weighted by Crippen LogP contribution is 2.25. The van der Waals surface area contributed by atoms with Gasteiger partial charge in [0.25, 0.3) is 5.91 Å². The van der Waals surface area contributed by atoms with E-state index in [1.165, 1.54) is 13.2 Å². The zero-order valence-corrected chi connectivity index (χ0v) is 14.0. The van der Waals surface area contributed by atoms with Crippen molar-refractivity contribution in [3.8, 4) is 5.75 Å². The molecule has 132 valence electrons. The van der Waals surface area contributed by atoms with E-state index in [1.807, 2.05) is 0 Å². The van der Waals surface area contributed by atoms with Gasteiger partial charge in [-0.1, -0.05) is 36.4 Å². The lowest BCUT2D eigenvalue weighted by molar-refractivity contribution is -0.142. The van der Waals surface area contributed by atoms with Crippen molar-refractivity contribution in [1.82, 2.24) is 5.32 Å². The molecular weight excluding hydrogens is 336 g/mol. The summed E-state index contributed by atoms with van der Waals surface area (Å²) in [6, 6.07) is 15.0. The highest BCUT2D eigenvalue weighted by atomic mass is 16.6. The van der Waals surface area contributed by atoms with E-state index in [2.05, 4.69) is 10.1 Å². The fraction of sp³-hybridized carbons (Fsp3) is 0.105. The Morgan fingerprint density at radius 3 is 2.50 bits per heavy atom. The van der Waals surface area contributed by atoms with Gasteiger partial charge in [0.2, 0.25) is 0 Å². The van der Waals surface area contributed by atoms with Crippen LogP contribution in [0.25, 0.3) is 6.08 Å². The lowest BCUT2D eigenvalue weighted by Crippen LogP contribution is -2.30. The largest absolute Gasteiger partial charge is 0.481 e. The molecule has 7 nitrogen and oxygen atoms in total. The van der Waals surface area contributed by atoms with E-state index >= 15 is 0 Å². The number of urea groups is 1. The van der Waals surface area contributed by atoms with Gasteiger partial charge >= 0.3 is 12.0 Å². The summed E-state index contributed by atoms with van der Waals surface area (Å²) in [5.74, 6) is -0.595. The molecule has 7 heteroatoms. The second-order valence-corrected chi connectivity index (χ2v) is 5.37. The van der Waals surface area contributed by atoms with Crippen LogP contribution in [0.1, 0.15) is 5.56 Å². The van der Waals surface area contributed by atoms with Gasteiger partial charge < -0.3 is 14.8 Å². The van der Waals surface area contributed by atoms with Gasteiger partial charge in [-0.3, -0.25) is 4.79 Å². The number of ether oxygens (including phenoxy) is 2. The van der Waals surface area contributed by atoms with Crippen molar-refractivity contribution in [2.45, 2.75) is 0 Å². The van der Waals surface area contributed by atoms with Crippen molar-refractivity contribution >= 4 is 29.7 Å². The van der Waals surface area contributed by atoms with E-state index in [-0.39, 0.29) is 12.3 Å². The minimum Gasteiger partial charge on any atom is -0.481 e. The molecule has 1 heterocycles. The quantitative estimate of drug-likeness (QED) is 0.507. The summed E-state index contributed by atoms with van der Waals surface area (Å²) in [5.41, 5.74) is 1.15. The highest BCUT2D eigenvalue weighted by Gasteiger charge is 2.34. The Morgan fingerprint density at radius 2 is 1.77 bits per heavy atom. The number of benzene rings is 2. The SMILES string of the molecule is COC(=O)COc1ccccc1/C=C1/NC(=O)N(c2ccccc2)C1=O. The molecule has 0 unspecified atom stereocenters. The molecule has 2 aromatic rings. The van der Waals surface area contributed by atoms with Gasteiger partial charge in [-0.25, -0.2) is 14.5 Å². The van der Waals surface area contributed by atoms with Gasteiger partial charge in [0.05, 0.1) is 12.8 Å². The lowest BCUT2D eigenvalue weighted by atomic mass is 10.1. The average Bonchev–Trinajstić information content (AvgIpc) is 2.94. The Morgan fingerprint density at radius 1 is 1.08 bits per heavy atom. The monoisotopic (exact) mass is 352 g/mol. The minimum absolute atomic E-state index is 0.118. The van der Waals surface area contributed by atoms with Gasteiger partial charge in [-0.05, 0) is 24.3 Å². The number of rotatable bonds is 5. The van der Waals surface area contributed by atoms with Gasteiger partial charge in [0, 0.05) is 5.56 Å². The van der Waals surface area contributed by atoms with Crippen molar-refractivity contribution in [2.75, 3.05) is 18.6 Å². The first-order valence-electron chi connectivity index (χ1n) is 7.81. The molecule has 3 amide bonds. The van der Waals surface area contributed by atoms with Crippen molar-refractivity contribution in [2.24, 2.45) is 0 Å². The minimum atomic E-state index is -0.527. The van der Waals surface area contributed by atoms with E-state index in [0.717, 1.165) is 4.90 Å². The van der Waals surface area contributed by atoms with E-state index < -0.39 is 17.9 Å². The number of nitrogens with zero attached hydrogens (tertiary/aromatic N) is 1. The predicted octanol–water partition coefficient (Wildman–Crippen LogP) is 2.34. The third kappa shape index (κ3) is 3.56. The van der Waals surface area contributed by atoms with E-state index in [9.17, 15) is 14.4 Å². The fourth-order valence-electron chi connectivity index (χ4n) is 2.43. The van der Waals surface area contributed by atoms with E-state index in [0.29, 0.717) is 17.0 Å². The lowest BCUT2D eigenvalue weighted by Gasteiger charge is -2.11. The first kappa shape index (κ1) is 17.2. The normalized spacial score (nSPS) is 15.1. The number of nitrogens with one attached hydrogen (secondary N) is 1. The molecule has 0 aliphatic carbocycles. The number of hydrogen-bond acceptors (Lipinski definition) is 5. The first-order valence-corrected chi connectivity index (χ1v) is 7.81. The number of carbonyl (C=O) groups excluding carboxylic acids is 3. The maximum absolute atomic E-state index is 12.6. The Bertz CT molecular complexity index is 877. The first-order chi connectivity index (χ1) is 12.6. The maximum Gasteiger partial charge on any atom is 0.343 e. The summed E-state index contributed by atoms with van der Waals surface area (Å²) in [7, 11) is 1.27. The van der Waals surface area contributed by atoms with Crippen LogP contribution < -0.4 is 15.0 Å². The van der Waals surface area contributed by atoms with Crippen LogP contribution in [0.5, 0.6) is 5.75 Å². The smallest absolute Gasteiger partial charge is 0.343 e. The molecule has 1 fully saturated rings. The van der Waals surface area contributed by atoms with E-state index in [4.69, 9.17) is 4.74 Å². The van der Waals surface area contributed by atoms with Crippen LogP contribution in [0.3, 0.4) is 0 Å². The Hall–Kier alpha value is -3.61. The molecule has 2 aromatic carbocycles. The molecule has 0 spiro atoms. The number of methoxy groups -OCH3 is 1. The number of carbonyl (C=O) groups is 3. The second kappa shape index (κ2) is 7.52. The molecule has 0 atom stereocenters. The summed E-state index contributed by atoms with van der Waals surface area (Å²) in [6.45, 7) is -0.257. The number of imide groups is 1. The number of amides is 3. The topological polar surface area (TPSA) is 84.9 Å². The van der Waals surface area contributed by atoms with Crippen LogP contribution in [-0.2, 0) is 14.3 Å². The van der Waals surface area contributed by atoms with Crippen LogP contribution in [-0.4, -0.2) is 31.6 Å². The summed E-state index contributed by atoms with van der Waals surface area (Å²) in [4.78, 5) is 37.1. The summed E-state index contributed by atoms with van der Waals surface area (Å²) >= 11 is 0. The van der Waals surface area contributed by atoms with Gasteiger partial charge in [-0.15, -0.1) is 0 Å². The summed E-state index contributed by atoms with van der Waals surface area (Å²) in [5, 5.41) is 2.56. The van der Waals surface area contributed by atoms with Crippen molar-refractivity contribution in [3.63, 3.8) is 0 Å². The van der Waals surface area contributed by atoms with Crippen LogP contribution in [0, 0.1) is 0 Å². The number of anilines is 1. The van der Waals surface area contributed by atoms with Crippen LogP contribution in [0.15, 0.2) is 60.3 Å². The molecule has 0 saturated carbocycles. The molecular formula is C19H16N2O5. The van der Waals surface area contributed by atoms with Crippen molar-refractivity contribution < 1.29 is 23.9 Å². The van der Waals surface area contributed by atoms with Gasteiger partial charge in [-0.2, -0.15) is 0 Å². The summed E-state index contributed by atoms with van der Waals surface area (Å²) in [6.07, 6.45) is 1.51. The third-order valence-electron chi connectivity index (χ3n) is 3.68. The Labute approximate surface area is 149 Å².